The number of carbonyl (C=O) groups is 1. The first-order chi connectivity index (χ1) is 17.0. The van der Waals surface area contributed by atoms with Crippen LogP contribution in [0, 0.1) is 13.8 Å². The average Bonchev–Trinajstić information content (AvgIpc) is 3.50. The molecular weight excluding hydrogens is 442 g/mol. The van der Waals surface area contributed by atoms with Gasteiger partial charge in [0, 0.05) is 54.4 Å². The van der Waals surface area contributed by atoms with Gasteiger partial charge in [-0.05, 0) is 74.5 Å². The van der Waals surface area contributed by atoms with Gasteiger partial charge in [-0.2, -0.15) is 4.98 Å². The van der Waals surface area contributed by atoms with Crippen LogP contribution in [-0.4, -0.2) is 63.7 Å². The van der Waals surface area contributed by atoms with Crippen molar-refractivity contribution < 1.29 is 14.1 Å². The molecule has 1 amide bonds. The van der Waals surface area contributed by atoms with Gasteiger partial charge in [-0.25, -0.2) is 0 Å². The first kappa shape index (κ1) is 22.9. The van der Waals surface area contributed by atoms with E-state index in [1.807, 2.05) is 53.4 Å². The summed E-state index contributed by atoms with van der Waals surface area (Å²) in [7, 11) is 1.64. The Labute approximate surface area is 204 Å². The summed E-state index contributed by atoms with van der Waals surface area (Å²) in [5.74, 6) is 1.98. The molecule has 4 aromatic rings. The Morgan fingerprint density at radius 1 is 0.914 bits per heavy atom. The molecule has 0 spiro atoms. The Kier molecular flexibility index (Phi) is 6.37. The largest absolute Gasteiger partial charge is 0.497 e. The number of hydrogen-bond donors (Lipinski definition) is 0. The van der Waals surface area contributed by atoms with Crippen molar-refractivity contribution >= 4 is 5.91 Å². The Hall–Kier alpha value is -3.91. The molecule has 0 saturated carbocycles. The van der Waals surface area contributed by atoms with Gasteiger partial charge in [0.05, 0.1) is 13.7 Å². The fourth-order valence-electron chi connectivity index (χ4n) is 4.49. The third kappa shape index (κ3) is 4.83. The van der Waals surface area contributed by atoms with Crippen LogP contribution in [0.4, 0.5) is 0 Å². The van der Waals surface area contributed by atoms with E-state index in [2.05, 4.69) is 45.6 Å². The van der Waals surface area contributed by atoms with Crippen molar-refractivity contribution in [2.75, 3.05) is 33.3 Å². The van der Waals surface area contributed by atoms with Crippen LogP contribution in [0.2, 0.25) is 0 Å². The highest BCUT2D eigenvalue weighted by molar-refractivity contribution is 5.94. The molecule has 0 radical (unpaired) electrons. The predicted octanol–water partition coefficient (Wildman–Crippen LogP) is 4.11. The maximum absolute atomic E-state index is 13.1. The molecule has 2 aromatic carbocycles. The van der Waals surface area contributed by atoms with E-state index in [1.165, 1.54) is 11.4 Å². The molecule has 0 unspecified atom stereocenters. The molecule has 0 atom stereocenters. The van der Waals surface area contributed by atoms with Crippen LogP contribution in [0.1, 0.15) is 27.6 Å². The Morgan fingerprint density at radius 3 is 2.20 bits per heavy atom. The number of nitrogens with zero attached hydrogens (tertiary/aromatic N) is 5. The van der Waals surface area contributed by atoms with Crippen molar-refractivity contribution in [3.63, 3.8) is 0 Å². The van der Waals surface area contributed by atoms with Gasteiger partial charge in [0.1, 0.15) is 5.75 Å². The van der Waals surface area contributed by atoms with Crippen molar-refractivity contribution in [2.45, 2.75) is 20.4 Å². The number of carbonyl (C=O) groups excluding carboxylic acids is 1. The molecule has 2 aromatic heterocycles. The zero-order chi connectivity index (χ0) is 24.4. The minimum Gasteiger partial charge on any atom is -0.497 e. The summed E-state index contributed by atoms with van der Waals surface area (Å²) in [5, 5.41) is 4.11. The fraction of sp³-hybridized carbons (Fsp3) is 0.296. The lowest BCUT2D eigenvalue weighted by Crippen LogP contribution is -2.48. The van der Waals surface area contributed by atoms with E-state index in [1.54, 1.807) is 7.11 Å². The van der Waals surface area contributed by atoms with Gasteiger partial charge in [-0.15, -0.1) is 0 Å². The molecule has 3 heterocycles. The molecule has 8 heteroatoms. The smallest absolute Gasteiger partial charge is 0.253 e. The monoisotopic (exact) mass is 471 g/mol. The van der Waals surface area contributed by atoms with E-state index in [9.17, 15) is 4.79 Å². The molecule has 1 saturated heterocycles. The molecule has 8 nitrogen and oxygen atoms in total. The van der Waals surface area contributed by atoms with Crippen LogP contribution >= 0.6 is 0 Å². The van der Waals surface area contributed by atoms with E-state index in [0.717, 1.165) is 30.1 Å². The standard InChI is InChI=1S/C27H29N5O3/c1-19-4-5-20(2)32(19)23-10-6-22(7-11-23)27(33)31-16-14-30(15-17-31)18-25-28-26(29-35-25)21-8-12-24(34-3)13-9-21/h4-13H,14-18H2,1-3H3. The molecule has 180 valence electrons. The highest BCUT2D eigenvalue weighted by Crippen LogP contribution is 2.21. The second-order valence-electron chi connectivity index (χ2n) is 8.81. The van der Waals surface area contributed by atoms with Crippen LogP contribution in [-0.2, 0) is 6.54 Å². The normalized spacial score (nSPS) is 14.3. The number of amides is 1. The van der Waals surface area contributed by atoms with E-state index in [0.29, 0.717) is 36.9 Å². The fourth-order valence-corrected chi connectivity index (χ4v) is 4.49. The van der Waals surface area contributed by atoms with E-state index >= 15 is 0 Å². The predicted molar refractivity (Wildman–Crippen MR) is 133 cm³/mol. The number of aromatic nitrogens is 3. The minimum atomic E-state index is 0.0664. The molecule has 0 N–H and O–H groups in total. The van der Waals surface area contributed by atoms with Gasteiger partial charge in [0.2, 0.25) is 11.7 Å². The Morgan fingerprint density at radius 2 is 1.57 bits per heavy atom. The van der Waals surface area contributed by atoms with Crippen molar-refractivity contribution in [3.8, 4) is 22.8 Å². The van der Waals surface area contributed by atoms with Crippen LogP contribution in [0.25, 0.3) is 17.1 Å². The molecule has 1 aliphatic rings. The highest BCUT2D eigenvalue weighted by atomic mass is 16.5. The van der Waals surface area contributed by atoms with E-state index < -0.39 is 0 Å². The summed E-state index contributed by atoms with van der Waals surface area (Å²) < 4.78 is 12.8. The first-order valence-electron chi connectivity index (χ1n) is 11.8. The second kappa shape index (κ2) is 9.76. The summed E-state index contributed by atoms with van der Waals surface area (Å²) in [5.41, 5.74) is 5.01. The maximum atomic E-state index is 13.1. The summed E-state index contributed by atoms with van der Waals surface area (Å²) in [6, 6.07) is 19.6. The zero-order valence-electron chi connectivity index (χ0n) is 20.3. The van der Waals surface area contributed by atoms with E-state index in [-0.39, 0.29) is 5.91 Å². The summed E-state index contributed by atoms with van der Waals surface area (Å²) in [4.78, 5) is 21.7. The number of benzene rings is 2. The SMILES string of the molecule is COc1ccc(-c2noc(CN3CCN(C(=O)c4ccc(-n5c(C)ccc5C)cc4)CC3)n2)cc1. The quantitative estimate of drug-likeness (QED) is 0.421. The Bertz CT molecular complexity index is 1280. The molecule has 35 heavy (non-hydrogen) atoms. The molecule has 0 aliphatic carbocycles. The molecule has 0 bridgehead atoms. The number of methoxy groups -OCH3 is 1. The third-order valence-electron chi connectivity index (χ3n) is 6.48. The van der Waals surface area contributed by atoms with Gasteiger partial charge >= 0.3 is 0 Å². The topological polar surface area (TPSA) is 76.6 Å². The summed E-state index contributed by atoms with van der Waals surface area (Å²) >= 11 is 0. The summed E-state index contributed by atoms with van der Waals surface area (Å²) in [6.45, 7) is 7.57. The highest BCUT2D eigenvalue weighted by Gasteiger charge is 2.23. The van der Waals surface area contributed by atoms with E-state index in [4.69, 9.17) is 9.26 Å². The number of hydrogen-bond acceptors (Lipinski definition) is 6. The maximum Gasteiger partial charge on any atom is 0.253 e. The second-order valence-corrected chi connectivity index (χ2v) is 8.81. The minimum absolute atomic E-state index is 0.0664. The molecule has 5 rings (SSSR count). The average molecular weight is 472 g/mol. The lowest BCUT2D eigenvalue weighted by Gasteiger charge is -2.34. The van der Waals surface area contributed by atoms with Gasteiger partial charge in [0.25, 0.3) is 5.91 Å². The van der Waals surface area contributed by atoms with Crippen molar-refractivity contribution in [1.82, 2.24) is 24.5 Å². The van der Waals surface area contributed by atoms with Crippen LogP contribution < -0.4 is 4.74 Å². The molecule has 1 aliphatic heterocycles. The van der Waals surface area contributed by atoms with Crippen LogP contribution in [0.3, 0.4) is 0 Å². The van der Waals surface area contributed by atoms with Gasteiger partial charge in [0.15, 0.2) is 0 Å². The summed E-state index contributed by atoms with van der Waals surface area (Å²) in [6.07, 6.45) is 0. The molecule has 1 fully saturated rings. The molecular formula is C27H29N5O3. The van der Waals surface area contributed by atoms with Crippen LogP contribution in [0.15, 0.2) is 65.2 Å². The van der Waals surface area contributed by atoms with Crippen molar-refractivity contribution in [1.29, 1.82) is 0 Å². The van der Waals surface area contributed by atoms with Crippen molar-refractivity contribution in [3.05, 3.63) is 83.5 Å². The number of rotatable bonds is 6. The van der Waals surface area contributed by atoms with Gasteiger partial charge in [-0.1, -0.05) is 5.16 Å². The Balaban J connectivity index is 1.16. The lowest BCUT2D eigenvalue weighted by molar-refractivity contribution is 0.0615. The van der Waals surface area contributed by atoms with Gasteiger partial charge in [-0.3, -0.25) is 9.69 Å². The number of piperazine rings is 1. The van der Waals surface area contributed by atoms with Crippen molar-refractivity contribution in [2.24, 2.45) is 0 Å². The number of ether oxygens (including phenoxy) is 1. The zero-order valence-corrected chi connectivity index (χ0v) is 20.3. The third-order valence-corrected chi connectivity index (χ3v) is 6.48. The number of aryl methyl sites for hydroxylation is 2. The van der Waals surface area contributed by atoms with Crippen LogP contribution in [0.5, 0.6) is 5.75 Å². The lowest BCUT2D eigenvalue weighted by atomic mass is 10.1. The first-order valence-corrected chi connectivity index (χ1v) is 11.8. The van der Waals surface area contributed by atoms with Gasteiger partial charge < -0.3 is 18.7 Å².